The molecular weight excluding hydrogens is 348 g/mol. The Morgan fingerprint density at radius 2 is 1.92 bits per heavy atom. The van der Waals surface area contributed by atoms with Crippen LogP contribution in [0.3, 0.4) is 0 Å². The average molecular weight is 364 g/mol. The van der Waals surface area contributed by atoms with Crippen molar-refractivity contribution in [2.75, 3.05) is 5.73 Å². The zero-order valence-electron chi connectivity index (χ0n) is 13.9. The van der Waals surface area contributed by atoms with Gasteiger partial charge < -0.3 is 5.73 Å². The van der Waals surface area contributed by atoms with Gasteiger partial charge >= 0.3 is 0 Å². The lowest BCUT2D eigenvalue weighted by atomic mass is 10.1. The number of anilines is 1. The average Bonchev–Trinajstić information content (AvgIpc) is 3.01. The molecule has 25 heavy (non-hydrogen) atoms. The molecule has 2 N–H and O–H groups in total. The molecule has 0 atom stereocenters. The molecule has 0 amide bonds. The first-order valence-electron chi connectivity index (χ1n) is 7.69. The molecule has 0 unspecified atom stereocenters. The van der Waals surface area contributed by atoms with Crippen molar-refractivity contribution in [1.29, 1.82) is 0 Å². The normalized spacial score (nSPS) is 11.5. The van der Waals surface area contributed by atoms with E-state index in [1.54, 1.807) is 32.9 Å². The molecule has 0 saturated carbocycles. The van der Waals surface area contributed by atoms with Crippen LogP contribution in [0.15, 0.2) is 24.4 Å². The summed E-state index contributed by atoms with van der Waals surface area (Å²) in [6.07, 6.45) is 1.51. The first-order chi connectivity index (χ1) is 11.7. The third-order valence-electron chi connectivity index (χ3n) is 4.06. The first kappa shape index (κ1) is 17.4. The van der Waals surface area contributed by atoms with Crippen molar-refractivity contribution < 1.29 is 13.6 Å². The van der Waals surface area contributed by atoms with E-state index < -0.39 is 11.6 Å². The summed E-state index contributed by atoms with van der Waals surface area (Å²) in [4.78, 5) is 16.4. The number of pyridine rings is 1. The van der Waals surface area contributed by atoms with Crippen LogP contribution in [0, 0.1) is 24.5 Å². The minimum Gasteiger partial charge on any atom is -0.395 e. The van der Waals surface area contributed by atoms with Crippen LogP contribution in [0.2, 0.25) is 5.02 Å². The minimum atomic E-state index is -0.887. The molecule has 130 valence electrons. The van der Waals surface area contributed by atoms with Crippen LogP contribution in [0.5, 0.6) is 0 Å². The predicted molar refractivity (Wildman–Crippen MR) is 94.7 cm³/mol. The fourth-order valence-corrected chi connectivity index (χ4v) is 2.82. The zero-order valence-corrected chi connectivity index (χ0v) is 14.7. The molecule has 3 rings (SSSR count). The number of fused-ring (bicyclic) bond motifs is 1. The number of carbonyl (C=O) groups is 1. The van der Waals surface area contributed by atoms with E-state index in [0.29, 0.717) is 11.1 Å². The van der Waals surface area contributed by atoms with Crippen molar-refractivity contribution in [2.45, 2.75) is 20.8 Å². The Morgan fingerprint density at radius 3 is 2.56 bits per heavy atom. The van der Waals surface area contributed by atoms with E-state index in [1.165, 1.54) is 16.8 Å². The monoisotopic (exact) mass is 363 g/mol. The van der Waals surface area contributed by atoms with Gasteiger partial charge in [-0.05, 0) is 19.1 Å². The fraction of sp³-hybridized carbons (Fsp3) is 0.222. The summed E-state index contributed by atoms with van der Waals surface area (Å²) in [5.41, 5.74) is 5.45. The summed E-state index contributed by atoms with van der Waals surface area (Å²) < 4.78 is 30.9. The summed E-state index contributed by atoms with van der Waals surface area (Å²) in [7, 11) is 0. The van der Waals surface area contributed by atoms with Crippen molar-refractivity contribution >= 4 is 34.1 Å². The number of benzene rings is 1. The molecule has 0 bridgehead atoms. The van der Waals surface area contributed by atoms with Crippen LogP contribution in [0.25, 0.3) is 22.2 Å². The summed E-state index contributed by atoms with van der Waals surface area (Å²) in [6.45, 7) is 5.00. The van der Waals surface area contributed by atoms with Crippen molar-refractivity contribution in [1.82, 2.24) is 9.55 Å². The molecule has 2 aromatic heterocycles. The van der Waals surface area contributed by atoms with E-state index >= 15 is 4.39 Å². The highest BCUT2D eigenvalue weighted by Crippen LogP contribution is 2.35. The Bertz CT molecular complexity index is 1010. The Balaban J connectivity index is 2.31. The second-order valence-electron chi connectivity index (χ2n) is 6.13. The first-order valence-corrected chi connectivity index (χ1v) is 8.07. The predicted octanol–water partition coefficient (Wildman–Crippen LogP) is 4.82. The van der Waals surface area contributed by atoms with Crippen LogP contribution in [-0.2, 0) is 0 Å². The number of aryl methyl sites for hydroxylation is 1. The topological polar surface area (TPSA) is 60.9 Å². The van der Waals surface area contributed by atoms with Gasteiger partial charge in [0, 0.05) is 23.1 Å². The largest absolute Gasteiger partial charge is 0.395 e. The number of nitrogens with zero attached hydrogens (tertiary/aromatic N) is 2. The number of aromatic nitrogens is 2. The molecule has 4 nitrogen and oxygen atoms in total. The molecule has 0 aliphatic rings. The van der Waals surface area contributed by atoms with E-state index in [0.717, 1.165) is 0 Å². The van der Waals surface area contributed by atoms with E-state index in [4.69, 9.17) is 17.3 Å². The highest BCUT2D eigenvalue weighted by atomic mass is 35.5. The quantitative estimate of drug-likeness (QED) is 0.710. The maximum Gasteiger partial charge on any atom is 0.233 e. The van der Waals surface area contributed by atoms with Crippen LogP contribution in [0.1, 0.15) is 24.3 Å². The van der Waals surface area contributed by atoms with Crippen molar-refractivity contribution in [3.63, 3.8) is 0 Å². The molecule has 3 aromatic rings. The third kappa shape index (κ3) is 2.66. The standard InChI is InChI=1S/C18H16ClF2N3O/c1-8(2)18(25)24-7-6-10-4-5-11(13(20)17(10)24)16-14(21)15(22)12(19)9(3)23-16/h4-8H,1-3H3,(H2,22,23). The van der Waals surface area contributed by atoms with Crippen molar-refractivity contribution in [3.05, 3.63) is 46.7 Å². The number of hydrogen-bond acceptors (Lipinski definition) is 3. The number of carbonyl (C=O) groups excluding carboxylic acids is 1. The summed E-state index contributed by atoms with van der Waals surface area (Å²) in [5, 5.41) is 0.537. The molecule has 0 saturated heterocycles. The van der Waals surface area contributed by atoms with Crippen molar-refractivity contribution in [2.24, 2.45) is 5.92 Å². The SMILES string of the molecule is Cc1nc(-c2ccc3ccn(C(=O)C(C)C)c3c2F)c(F)c(N)c1Cl. The van der Waals surface area contributed by atoms with Crippen LogP contribution in [-0.4, -0.2) is 15.5 Å². The Kier molecular flexibility index (Phi) is 4.24. The van der Waals surface area contributed by atoms with Gasteiger partial charge in [0.15, 0.2) is 11.6 Å². The molecule has 0 radical (unpaired) electrons. The number of nitrogen functional groups attached to an aromatic ring is 1. The van der Waals surface area contributed by atoms with Gasteiger partial charge in [-0.2, -0.15) is 0 Å². The Hall–Kier alpha value is -2.47. The van der Waals surface area contributed by atoms with E-state index in [-0.39, 0.29) is 39.3 Å². The second-order valence-corrected chi connectivity index (χ2v) is 6.51. The van der Waals surface area contributed by atoms with E-state index in [9.17, 15) is 9.18 Å². The minimum absolute atomic E-state index is 0.00102. The second kappa shape index (κ2) is 6.11. The molecule has 1 aromatic carbocycles. The maximum atomic E-state index is 15.2. The summed E-state index contributed by atoms with van der Waals surface area (Å²) in [5.74, 6) is -2.20. The van der Waals surface area contributed by atoms with Crippen LogP contribution < -0.4 is 5.73 Å². The highest BCUT2D eigenvalue weighted by Gasteiger charge is 2.22. The fourth-order valence-electron chi connectivity index (χ4n) is 2.70. The Labute approximate surface area is 148 Å². The lowest BCUT2D eigenvalue weighted by Gasteiger charge is -2.12. The van der Waals surface area contributed by atoms with Gasteiger partial charge in [-0.1, -0.05) is 31.5 Å². The highest BCUT2D eigenvalue weighted by molar-refractivity contribution is 6.33. The summed E-state index contributed by atoms with van der Waals surface area (Å²) in [6, 6.07) is 4.66. The number of hydrogen-bond donors (Lipinski definition) is 1. The lowest BCUT2D eigenvalue weighted by molar-refractivity contribution is 0.0860. The molecule has 0 spiro atoms. The number of nitrogens with two attached hydrogens (primary N) is 1. The number of halogens is 3. The number of rotatable bonds is 2. The van der Waals surface area contributed by atoms with Crippen LogP contribution in [0.4, 0.5) is 14.5 Å². The molecule has 0 aliphatic heterocycles. The van der Waals surface area contributed by atoms with Crippen LogP contribution >= 0.6 is 11.6 Å². The van der Waals surface area contributed by atoms with E-state index in [2.05, 4.69) is 4.98 Å². The van der Waals surface area contributed by atoms with Crippen molar-refractivity contribution in [3.8, 4) is 11.3 Å². The molecule has 7 heteroatoms. The van der Waals surface area contributed by atoms with Gasteiger partial charge in [0.1, 0.15) is 5.69 Å². The lowest BCUT2D eigenvalue weighted by Crippen LogP contribution is -2.16. The van der Waals surface area contributed by atoms with Gasteiger partial charge in [-0.15, -0.1) is 0 Å². The molecule has 2 heterocycles. The van der Waals surface area contributed by atoms with Gasteiger partial charge in [-0.25, -0.2) is 13.8 Å². The van der Waals surface area contributed by atoms with Gasteiger partial charge in [-0.3, -0.25) is 9.36 Å². The van der Waals surface area contributed by atoms with Gasteiger partial charge in [0.2, 0.25) is 5.91 Å². The van der Waals surface area contributed by atoms with Gasteiger partial charge in [0.25, 0.3) is 0 Å². The van der Waals surface area contributed by atoms with E-state index in [1.807, 2.05) is 0 Å². The molecule has 0 fully saturated rings. The molecular formula is C18H16ClF2N3O. The molecule has 0 aliphatic carbocycles. The zero-order chi connectivity index (χ0) is 18.5. The smallest absolute Gasteiger partial charge is 0.233 e. The maximum absolute atomic E-state index is 15.2. The third-order valence-corrected chi connectivity index (χ3v) is 4.53. The Morgan fingerprint density at radius 1 is 1.24 bits per heavy atom. The summed E-state index contributed by atoms with van der Waals surface area (Å²) >= 11 is 5.89. The van der Waals surface area contributed by atoms with Gasteiger partial charge in [0.05, 0.1) is 21.9 Å².